The van der Waals surface area contributed by atoms with Crippen molar-refractivity contribution in [3.63, 3.8) is 0 Å². The molecule has 0 N–H and O–H groups in total. The average Bonchev–Trinajstić information content (AvgIpc) is 2.30. The molecule has 0 radical (unpaired) electrons. The maximum Gasteiger partial charge on any atom is 0.332 e. The summed E-state index contributed by atoms with van der Waals surface area (Å²) in [5, 5.41) is 8.95. The Balaban J connectivity index is 3.41. The second-order valence-corrected chi connectivity index (χ2v) is 4.62. The summed E-state index contributed by atoms with van der Waals surface area (Å²) in [5.41, 5.74) is -1.71. The van der Waals surface area contributed by atoms with Crippen molar-refractivity contribution in [2.45, 2.75) is 6.42 Å². The zero-order valence-electron chi connectivity index (χ0n) is 7.98. The molecule has 0 spiro atoms. The molecule has 0 aromatic rings. The number of carbonyl (C=O) groups excluding carboxylic acids is 1. The van der Waals surface area contributed by atoms with E-state index in [1.807, 2.05) is 0 Å². The molecule has 1 aliphatic rings. The SMILES string of the molecule is COC(=O)C1(C#N)CC(Cl)=C(Cl)C(Cl)=C1Cl. The maximum absolute atomic E-state index is 11.6. The number of methoxy groups -OCH3 is 1. The zero-order valence-corrected chi connectivity index (χ0v) is 11.0. The summed E-state index contributed by atoms with van der Waals surface area (Å²) in [6, 6.07) is 1.77. The van der Waals surface area contributed by atoms with Crippen LogP contribution in [0.15, 0.2) is 20.1 Å². The molecule has 0 fully saturated rings. The number of ether oxygens (including phenoxy) is 1. The third-order valence-corrected chi connectivity index (χ3v) is 4.06. The molecule has 0 aromatic heterocycles. The first-order valence-corrected chi connectivity index (χ1v) is 5.51. The van der Waals surface area contributed by atoms with E-state index >= 15 is 0 Å². The fourth-order valence-electron chi connectivity index (χ4n) is 1.26. The molecule has 0 saturated heterocycles. The fraction of sp³-hybridized carbons (Fsp3) is 0.333. The number of allylic oxidation sites excluding steroid dienone is 3. The van der Waals surface area contributed by atoms with Crippen molar-refractivity contribution >= 4 is 52.4 Å². The van der Waals surface area contributed by atoms with Crippen molar-refractivity contribution in [3.8, 4) is 6.07 Å². The third-order valence-electron chi connectivity index (χ3n) is 2.14. The molecule has 16 heavy (non-hydrogen) atoms. The van der Waals surface area contributed by atoms with Gasteiger partial charge in [-0.05, 0) is 0 Å². The second-order valence-electron chi connectivity index (χ2n) is 3.03. The van der Waals surface area contributed by atoms with Crippen LogP contribution < -0.4 is 0 Å². The molecular formula is C9H5Cl4NO2. The summed E-state index contributed by atoms with van der Waals surface area (Å²) in [6.45, 7) is 0. The van der Waals surface area contributed by atoms with Gasteiger partial charge in [-0.3, -0.25) is 0 Å². The molecule has 86 valence electrons. The lowest BCUT2D eigenvalue weighted by Crippen LogP contribution is -2.33. The lowest BCUT2D eigenvalue weighted by Gasteiger charge is -2.27. The van der Waals surface area contributed by atoms with E-state index in [2.05, 4.69) is 4.74 Å². The number of rotatable bonds is 1. The standard InChI is InChI=1S/C9H5Cl4NO2/c1-16-8(15)9(3-14)2-4(10)5(11)6(12)7(9)13/h2H2,1H3. The van der Waals surface area contributed by atoms with Crippen molar-refractivity contribution in [2.75, 3.05) is 7.11 Å². The van der Waals surface area contributed by atoms with Crippen LogP contribution in [0.1, 0.15) is 6.42 Å². The predicted molar refractivity (Wildman–Crippen MR) is 62.1 cm³/mol. The summed E-state index contributed by atoms with van der Waals surface area (Å²) >= 11 is 23.2. The molecule has 0 heterocycles. The monoisotopic (exact) mass is 299 g/mol. The van der Waals surface area contributed by atoms with Gasteiger partial charge in [-0.1, -0.05) is 46.4 Å². The molecule has 1 aliphatic carbocycles. The molecule has 0 bridgehead atoms. The highest BCUT2D eigenvalue weighted by Crippen LogP contribution is 2.49. The summed E-state index contributed by atoms with van der Waals surface area (Å²) in [6.07, 6.45) is -0.147. The number of hydrogen-bond acceptors (Lipinski definition) is 3. The Labute approximate surface area is 112 Å². The minimum Gasteiger partial charge on any atom is -0.468 e. The Morgan fingerprint density at radius 1 is 1.38 bits per heavy atom. The predicted octanol–water partition coefficient (Wildman–Crippen LogP) is 3.45. The van der Waals surface area contributed by atoms with E-state index in [9.17, 15) is 4.79 Å². The fourth-order valence-corrected chi connectivity index (χ4v) is 2.37. The van der Waals surface area contributed by atoms with Gasteiger partial charge in [-0.25, -0.2) is 4.79 Å². The van der Waals surface area contributed by atoms with E-state index in [0.29, 0.717) is 0 Å². The van der Waals surface area contributed by atoms with Crippen LogP contribution in [0.25, 0.3) is 0 Å². The first-order chi connectivity index (χ1) is 7.40. The van der Waals surface area contributed by atoms with E-state index < -0.39 is 11.4 Å². The second kappa shape index (κ2) is 4.85. The van der Waals surface area contributed by atoms with Gasteiger partial charge in [0.1, 0.15) is 0 Å². The van der Waals surface area contributed by atoms with Crippen LogP contribution in [-0.2, 0) is 9.53 Å². The van der Waals surface area contributed by atoms with Crippen LogP contribution in [0.5, 0.6) is 0 Å². The van der Waals surface area contributed by atoms with Crippen LogP contribution in [0, 0.1) is 16.7 Å². The van der Waals surface area contributed by atoms with E-state index in [1.165, 1.54) is 0 Å². The third kappa shape index (κ3) is 1.91. The van der Waals surface area contributed by atoms with Gasteiger partial charge < -0.3 is 4.74 Å². The Morgan fingerprint density at radius 2 is 1.94 bits per heavy atom. The van der Waals surface area contributed by atoms with Gasteiger partial charge in [0.25, 0.3) is 0 Å². The van der Waals surface area contributed by atoms with Gasteiger partial charge in [0.2, 0.25) is 0 Å². The summed E-state index contributed by atoms with van der Waals surface area (Å²) in [5.74, 6) is -0.819. The average molecular weight is 301 g/mol. The Morgan fingerprint density at radius 3 is 2.38 bits per heavy atom. The smallest absolute Gasteiger partial charge is 0.332 e. The van der Waals surface area contributed by atoms with E-state index in [1.54, 1.807) is 6.07 Å². The van der Waals surface area contributed by atoms with Crippen molar-refractivity contribution < 1.29 is 9.53 Å². The maximum atomic E-state index is 11.6. The van der Waals surface area contributed by atoms with Gasteiger partial charge >= 0.3 is 5.97 Å². The summed E-state index contributed by atoms with van der Waals surface area (Å²) in [4.78, 5) is 11.6. The van der Waals surface area contributed by atoms with Gasteiger partial charge in [0.15, 0.2) is 5.41 Å². The first-order valence-electron chi connectivity index (χ1n) is 4.00. The number of nitriles is 1. The molecule has 7 heteroatoms. The summed E-state index contributed by atoms with van der Waals surface area (Å²) < 4.78 is 4.52. The summed E-state index contributed by atoms with van der Waals surface area (Å²) in [7, 11) is 1.15. The minimum atomic E-state index is -1.71. The van der Waals surface area contributed by atoms with Gasteiger partial charge in [0, 0.05) is 11.5 Å². The number of carbonyl (C=O) groups is 1. The molecule has 0 saturated carbocycles. The normalized spacial score (nSPS) is 25.5. The molecule has 0 amide bonds. The van der Waals surface area contributed by atoms with Crippen molar-refractivity contribution in [2.24, 2.45) is 5.41 Å². The Bertz CT molecular complexity index is 449. The van der Waals surface area contributed by atoms with Crippen molar-refractivity contribution in [1.82, 2.24) is 0 Å². The lowest BCUT2D eigenvalue weighted by atomic mass is 9.82. The van der Waals surface area contributed by atoms with Crippen molar-refractivity contribution in [3.05, 3.63) is 20.1 Å². The van der Waals surface area contributed by atoms with Crippen LogP contribution in [0.4, 0.5) is 0 Å². The molecule has 1 atom stereocenters. The van der Waals surface area contributed by atoms with E-state index in [4.69, 9.17) is 51.7 Å². The highest BCUT2D eigenvalue weighted by atomic mass is 35.5. The molecule has 1 unspecified atom stereocenters. The van der Waals surface area contributed by atoms with Crippen LogP contribution in [0.2, 0.25) is 0 Å². The molecule has 0 aliphatic heterocycles. The quantitative estimate of drug-likeness (QED) is 0.697. The first kappa shape index (κ1) is 13.7. The number of halogens is 4. The van der Waals surface area contributed by atoms with Gasteiger partial charge in [0.05, 0.1) is 28.3 Å². The van der Waals surface area contributed by atoms with Crippen molar-refractivity contribution in [1.29, 1.82) is 5.26 Å². The zero-order chi connectivity index (χ0) is 12.5. The Kier molecular flexibility index (Phi) is 4.14. The van der Waals surface area contributed by atoms with E-state index in [-0.39, 0.29) is 26.5 Å². The highest BCUT2D eigenvalue weighted by molar-refractivity contribution is 6.52. The molecule has 0 aromatic carbocycles. The molecule has 3 nitrogen and oxygen atoms in total. The van der Waals surface area contributed by atoms with Crippen LogP contribution in [-0.4, -0.2) is 13.1 Å². The lowest BCUT2D eigenvalue weighted by molar-refractivity contribution is -0.147. The van der Waals surface area contributed by atoms with Gasteiger partial charge in [-0.2, -0.15) is 5.26 Å². The topological polar surface area (TPSA) is 50.1 Å². The minimum absolute atomic E-state index is 0.0445. The van der Waals surface area contributed by atoms with Crippen LogP contribution in [0.3, 0.4) is 0 Å². The van der Waals surface area contributed by atoms with E-state index in [0.717, 1.165) is 7.11 Å². The molecule has 1 rings (SSSR count). The molecular weight excluding hydrogens is 296 g/mol. The number of nitrogens with zero attached hydrogens (tertiary/aromatic N) is 1. The number of esters is 1. The highest BCUT2D eigenvalue weighted by Gasteiger charge is 2.48. The van der Waals surface area contributed by atoms with Gasteiger partial charge in [-0.15, -0.1) is 0 Å². The largest absolute Gasteiger partial charge is 0.468 e. The van der Waals surface area contributed by atoms with Crippen LogP contribution >= 0.6 is 46.4 Å². The Hall–Kier alpha value is -0.400. The number of hydrogen-bond donors (Lipinski definition) is 0.